The maximum absolute atomic E-state index is 13.8. The molecule has 28 heavy (non-hydrogen) atoms. The molecule has 3 rings (SSSR count). The summed E-state index contributed by atoms with van der Waals surface area (Å²) in [5, 5.41) is 6.95. The molecule has 156 valence electrons. The van der Waals surface area contributed by atoms with Crippen molar-refractivity contribution in [2.45, 2.75) is 70.7 Å². The highest BCUT2D eigenvalue weighted by Crippen LogP contribution is 2.26. The monoisotopic (exact) mass is 390 g/mol. The van der Waals surface area contributed by atoms with Crippen LogP contribution >= 0.6 is 0 Å². The highest BCUT2D eigenvalue weighted by molar-refractivity contribution is 5.80. The minimum atomic E-state index is -0.228. The van der Waals surface area contributed by atoms with Crippen LogP contribution in [0.5, 0.6) is 0 Å². The molecule has 0 unspecified atom stereocenters. The van der Waals surface area contributed by atoms with Crippen LogP contribution in [0.2, 0.25) is 0 Å². The SMILES string of the molecule is CCNC(=NCc1ccc(F)c(COC)c1)NC1CCN(C2CCCC2)CC1. The van der Waals surface area contributed by atoms with Crippen LogP contribution in [-0.2, 0) is 17.9 Å². The smallest absolute Gasteiger partial charge is 0.191 e. The van der Waals surface area contributed by atoms with Gasteiger partial charge in [-0.15, -0.1) is 0 Å². The molecule has 0 amide bonds. The Labute approximate surface area is 168 Å². The van der Waals surface area contributed by atoms with E-state index in [2.05, 4.69) is 22.5 Å². The summed E-state index contributed by atoms with van der Waals surface area (Å²) in [4.78, 5) is 7.41. The molecule has 1 aromatic carbocycles. The van der Waals surface area contributed by atoms with E-state index in [1.807, 2.05) is 6.07 Å². The molecule has 0 bridgehead atoms. The molecule has 0 atom stereocenters. The van der Waals surface area contributed by atoms with Gasteiger partial charge in [-0.05, 0) is 50.3 Å². The molecule has 1 aromatic rings. The Morgan fingerprint density at radius 2 is 1.96 bits per heavy atom. The van der Waals surface area contributed by atoms with Crippen molar-refractivity contribution < 1.29 is 9.13 Å². The molecular formula is C22H35FN4O. The van der Waals surface area contributed by atoms with Crippen LogP contribution in [0.4, 0.5) is 4.39 Å². The molecule has 0 radical (unpaired) electrons. The van der Waals surface area contributed by atoms with Gasteiger partial charge in [-0.3, -0.25) is 0 Å². The van der Waals surface area contributed by atoms with Gasteiger partial charge in [0.25, 0.3) is 0 Å². The summed E-state index contributed by atoms with van der Waals surface area (Å²) in [7, 11) is 1.58. The fourth-order valence-corrected chi connectivity index (χ4v) is 4.35. The van der Waals surface area contributed by atoms with E-state index in [4.69, 9.17) is 9.73 Å². The number of methoxy groups -OCH3 is 1. The van der Waals surface area contributed by atoms with E-state index < -0.39 is 0 Å². The third kappa shape index (κ3) is 5.92. The molecule has 1 aliphatic heterocycles. The topological polar surface area (TPSA) is 48.9 Å². The zero-order valence-corrected chi connectivity index (χ0v) is 17.3. The molecule has 6 heteroatoms. The average Bonchev–Trinajstić information content (AvgIpc) is 3.24. The van der Waals surface area contributed by atoms with Gasteiger partial charge < -0.3 is 20.3 Å². The Bertz CT molecular complexity index is 637. The van der Waals surface area contributed by atoms with Gasteiger partial charge in [0.05, 0.1) is 13.2 Å². The van der Waals surface area contributed by atoms with Crippen LogP contribution in [0.3, 0.4) is 0 Å². The quantitative estimate of drug-likeness (QED) is 0.553. The number of nitrogens with one attached hydrogen (secondary N) is 2. The second-order valence-electron chi connectivity index (χ2n) is 7.95. The van der Waals surface area contributed by atoms with Gasteiger partial charge in [0, 0.05) is 44.4 Å². The molecule has 2 fully saturated rings. The number of hydrogen-bond acceptors (Lipinski definition) is 3. The zero-order valence-electron chi connectivity index (χ0n) is 17.3. The molecule has 1 saturated carbocycles. The van der Waals surface area contributed by atoms with E-state index in [0.717, 1.165) is 37.0 Å². The van der Waals surface area contributed by atoms with Crippen molar-refractivity contribution in [3.05, 3.63) is 35.1 Å². The minimum absolute atomic E-state index is 0.228. The van der Waals surface area contributed by atoms with E-state index in [9.17, 15) is 4.39 Å². The lowest BCUT2D eigenvalue weighted by Gasteiger charge is -2.36. The number of piperidine rings is 1. The fourth-order valence-electron chi connectivity index (χ4n) is 4.35. The number of aliphatic imine (C=N–C) groups is 1. The standard InChI is InChI=1S/C22H35FN4O/c1-3-24-22(25-15-17-8-9-21(23)18(14-17)16-28-2)26-19-10-12-27(13-11-19)20-6-4-5-7-20/h8-9,14,19-20H,3-7,10-13,15-16H2,1-2H3,(H2,24,25,26). The maximum atomic E-state index is 13.8. The van der Waals surface area contributed by atoms with Gasteiger partial charge in [-0.1, -0.05) is 18.9 Å². The Morgan fingerprint density at radius 3 is 2.64 bits per heavy atom. The first-order valence-electron chi connectivity index (χ1n) is 10.7. The van der Waals surface area contributed by atoms with Crippen LogP contribution in [-0.4, -0.2) is 49.7 Å². The zero-order chi connectivity index (χ0) is 19.8. The lowest BCUT2D eigenvalue weighted by Crippen LogP contribution is -2.50. The Morgan fingerprint density at radius 1 is 1.21 bits per heavy atom. The third-order valence-corrected chi connectivity index (χ3v) is 5.89. The van der Waals surface area contributed by atoms with Crippen LogP contribution < -0.4 is 10.6 Å². The van der Waals surface area contributed by atoms with Gasteiger partial charge >= 0.3 is 0 Å². The van der Waals surface area contributed by atoms with Crippen LogP contribution in [0.1, 0.15) is 56.6 Å². The number of rotatable bonds is 7. The highest BCUT2D eigenvalue weighted by atomic mass is 19.1. The van der Waals surface area contributed by atoms with Crippen LogP contribution in [0.15, 0.2) is 23.2 Å². The van der Waals surface area contributed by atoms with Crippen molar-refractivity contribution >= 4 is 5.96 Å². The molecular weight excluding hydrogens is 355 g/mol. The van der Waals surface area contributed by atoms with Gasteiger partial charge in [0.1, 0.15) is 5.82 Å². The number of benzene rings is 1. The van der Waals surface area contributed by atoms with Crippen molar-refractivity contribution in [1.82, 2.24) is 15.5 Å². The van der Waals surface area contributed by atoms with Crippen molar-refractivity contribution in [2.75, 3.05) is 26.7 Å². The number of hydrogen-bond donors (Lipinski definition) is 2. The number of guanidine groups is 1. The third-order valence-electron chi connectivity index (χ3n) is 5.89. The summed E-state index contributed by atoms with van der Waals surface area (Å²) >= 11 is 0. The molecule has 2 aliphatic rings. The summed E-state index contributed by atoms with van der Waals surface area (Å²) in [6, 6.07) is 6.42. The number of ether oxygens (including phenoxy) is 1. The lowest BCUT2D eigenvalue weighted by atomic mass is 10.0. The van der Waals surface area contributed by atoms with Gasteiger partial charge in [0.2, 0.25) is 0 Å². The summed E-state index contributed by atoms with van der Waals surface area (Å²) in [6.07, 6.45) is 7.88. The fraction of sp³-hybridized carbons (Fsp3) is 0.682. The van der Waals surface area contributed by atoms with E-state index in [1.54, 1.807) is 13.2 Å². The maximum Gasteiger partial charge on any atom is 0.191 e. The Hall–Kier alpha value is -1.66. The van der Waals surface area contributed by atoms with E-state index >= 15 is 0 Å². The van der Waals surface area contributed by atoms with Crippen molar-refractivity contribution in [2.24, 2.45) is 4.99 Å². The second-order valence-corrected chi connectivity index (χ2v) is 7.95. The number of likely N-dealkylation sites (tertiary alicyclic amines) is 1. The highest BCUT2D eigenvalue weighted by Gasteiger charge is 2.27. The second kappa shape index (κ2) is 10.8. The predicted octanol–water partition coefficient (Wildman–Crippen LogP) is 3.43. The van der Waals surface area contributed by atoms with E-state index in [1.165, 1.54) is 44.8 Å². The predicted molar refractivity (Wildman–Crippen MR) is 112 cm³/mol. The van der Waals surface area contributed by atoms with Crippen molar-refractivity contribution in [3.8, 4) is 0 Å². The van der Waals surface area contributed by atoms with Gasteiger partial charge in [-0.25, -0.2) is 9.38 Å². The Balaban J connectivity index is 1.53. The molecule has 1 aliphatic carbocycles. The first-order valence-corrected chi connectivity index (χ1v) is 10.7. The van der Waals surface area contributed by atoms with Crippen LogP contribution in [0.25, 0.3) is 0 Å². The molecule has 1 heterocycles. The molecule has 2 N–H and O–H groups in total. The van der Waals surface area contributed by atoms with Crippen LogP contribution in [0, 0.1) is 5.82 Å². The number of nitrogens with zero attached hydrogens (tertiary/aromatic N) is 2. The first kappa shape index (κ1) is 21.1. The van der Waals surface area contributed by atoms with Crippen molar-refractivity contribution in [3.63, 3.8) is 0 Å². The first-order chi connectivity index (χ1) is 13.7. The molecule has 0 aromatic heterocycles. The summed E-state index contributed by atoms with van der Waals surface area (Å²) in [6.45, 7) is 6.06. The average molecular weight is 391 g/mol. The molecule has 0 spiro atoms. The molecule has 1 saturated heterocycles. The Kier molecular flexibility index (Phi) is 8.10. The molecule has 5 nitrogen and oxygen atoms in total. The van der Waals surface area contributed by atoms with E-state index in [-0.39, 0.29) is 12.4 Å². The largest absolute Gasteiger partial charge is 0.380 e. The summed E-state index contributed by atoms with van der Waals surface area (Å²) in [5.74, 6) is 0.619. The van der Waals surface area contributed by atoms with E-state index in [0.29, 0.717) is 18.2 Å². The number of halogens is 1. The minimum Gasteiger partial charge on any atom is -0.380 e. The van der Waals surface area contributed by atoms with Gasteiger partial charge in [0.15, 0.2) is 5.96 Å². The van der Waals surface area contributed by atoms with Crippen molar-refractivity contribution in [1.29, 1.82) is 0 Å². The summed E-state index contributed by atoms with van der Waals surface area (Å²) in [5.41, 5.74) is 1.56. The lowest BCUT2D eigenvalue weighted by molar-refractivity contribution is 0.150. The van der Waals surface area contributed by atoms with Gasteiger partial charge in [-0.2, -0.15) is 0 Å². The normalized spacial score (nSPS) is 19.9. The summed E-state index contributed by atoms with van der Waals surface area (Å²) < 4.78 is 18.9.